The molecule has 4 atom stereocenters. The van der Waals surface area contributed by atoms with E-state index >= 15 is 0 Å². The zero-order valence-corrected chi connectivity index (χ0v) is 23.7. The second-order valence-corrected chi connectivity index (χ2v) is 13.0. The number of likely N-dealkylation sites (tertiary alicyclic amines) is 2. The summed E-state index contributed by atoms with van der Waals surface area (Å²) in [5.41, 5.74) is 13.5. The quantitative estimate of drug-likeness (QED) is 0.331. The highest BCUT2D eigenvalue weighted by Crippen LogP contribution is 2.47. The minimum absolute atomic E-state index is 0.00581. The Kier molecular flexibility index (Phi) is 8.86. The Hall–Kier alpha value is -1.75. The van der Waals surface area contributed by atoms with Crippen LogP contribution in [0.2, 0.25) is 0 Å². The molecule has 2 spiro atoms. The van der Waals surface area contributed by atoms with E-state index in [0.29, 0.717) is 6.42 Å². The maximum absolute atomic E-state index is 14.6. The Morgan fingerprint density at radius 1 is 1.05 bits per heavy atom. The molecule has 0 aromatic carbocycles. The summed E-state index contributed by atoms with van der Waals surface area (Å²) in [5.74, 6) is -0.650. The average Bonchev–Trinajstić information content (AvgIpc) is 3.54. The van der Waals surface area contributed by atoms with Crippen LogP contribution in [0.3, 0.4) is 0 Å². The lowest BCUT2D eigenvalue weighted by atomic mass is 9.72. The van der Waals surface area contributed by atoms with Gasteiger partial charge in [0.15, 0.2) is 0 Å². The number of hydrogen-bond acceptors (Lipinski definition) is 7. The molecule has 1 saturated carbocycles. The standard InChI is InChI=1S/C29H50FN7O2/c1-20(38)37-14-4-9-29(37)11-15-36(16-12-29)24-6-13-33-19-23(24)35-27(39)25(26(31)32)22-17-28(7-2-3-8-28)10-5-21(30)18-34-22/h19,21-22,24-26,33-34H,2-18,31-32H2,1H3,(H,35,39). The molecule has 7 N–H and O–H groups in total. The normalized spacial score (nSPS) is 32.0. The number of nitrogens with zero attached hydrogens (tertiary/aromatic N) is 2. The summed E-state index contributed by atoms with van der Waals surface area (Å²) < 4.78 is 14.6. The van der Waals surface area contributed by atoms with Crippen LogP contribution in [0, 0.1) is 11.3 Å². The first-order valence-electron chi connectivity index (χ1n) is 15.4. The summed E-state index contributed by atoms with van der Waals surface area (Å²) in [6, 6.07) is -0.164. The van der Waals surface area contributed by atoms with Gasteiger partial charge in [0.2, 0.25) is 11.8 Å². The SMILES string of the molecule is CC(=O)N1CCCC12CCN(C1CCNC=C1NC(=O)C(C(N)N)C1CC3(CCCC3)CCC(F)CN1)CC2. The maximum atomic E-state index is 14.6. The fourth-order valence-electron chi connectivity index (χ4n) is 8.52. The number of nitrogens with one attached hydrogen (secondary N) is 3. The predicted octanol–water partition coefficient (Wildman–Crippen LogP) is 1.68. The van der Waals surface area contributed by atoms with Gasteiger partial charge < -0.3 is 32.3 Å². The van der Waals surface area contributed by atoms with Gasteiger partial charge in [-0.2, -0.15) is 0 Å². The van der Waals surface area contributed by atoms with Crippen molar-refractivity contribution in [2.75, 3.05) is 32.7 Å². The van der Waals surface area contributed by atoms with Crippen molar-refractivity contribution < 1.29 is 14.0 Å². The number of rotatable bonds is 5. The van der Waals surface area contributed by atoms with E-state index in [-0.39, 0.29) is 41.4 Å². The molecule has 0 bridgehead atoms. The monoisotopic (exact) mass is 547 g/mol. The predicted molar refractivity (Wildman–Crippen MR) is 150 cm³/mol. The second-order valence-electron chi connectivity index (χ2n) is 13.0. The molecule has 220 valence electrons. The Morgan fingerprint density at radius 2 is 1.79 bits per heavy atom. The van der Waals surface area contributed by atoms with Crippen molar-refractivity contribution in [1.82, 2.24) is 25.8 Å². The summed E-state index contributed by atoms with van der Waals surface area (Å²) in [5, 5.41) is 9.89. The van der Waals surface area contributed by atoms with E-state index in [4.69, 9.17) is 11.5 Å². The van der Waals surface area contributed by atoms with Crippen LogP contribution >= 0.6 is 0 Å². The maximum Gasteiger partial charge on any atom is 0.231 e. The van der Waals surface area contributed by atoms with Crippen LogP contribution in [0.1, 0.15) is 84.0 Å². The third-order valence-corrected chi connectivity index (χ3v) is 10.6. The third-order valence-electron chi connectivity index (χ3n) is 10.6. The molecule has 0 aromatic rings. The van der Waals surface area contributed by atoms with E-state index in [9.17, 15) is 14.0 Å². The summed E-state index contributed by atoms with van der Waals surface area (Å²) >= 11 is 0. The van der Waals surface area contributed by atoms with Gasteiger partial charge in [-0.1, -0.05) is 12.8 Å². The van der Waals surface area contributed by atoms with E-state index in [1.165, 1.54) is 0 Å². The number of piperidine rings is 1. The topological polar surface area (TPSA) is 129 Å². The number of carbonyl (C=O) groups is 2. The highest BCUT2D eigenvalue weighted by Gasteiger charge is 2.46. The molecule has 4 heterocycles. The Balaban J connectivity index is 1.27. The van der Waals surface area contributed by atoms with E-state index in [1.54, 1.807) is 6.92 Å². The average molecular weight is 548 g/mol. The molecule has 10 heteroatoms. The van der Waals surface area contributed by atoms with Crippen LogP contribution in [-0.2, 0) is 9.59 Å². The molecule has 0 aromatic heterocycles. The molecule has 4 fully saturated rings. The number of hydrogen-bond donors (Lipinski definition) is 5. The zero-order chi connectivity index (χ0) is 27.6. The largest absolute Gasteiger partial charge is 0.389 e. The van der Waals surface area contributed by atoms with Gasteiger partial charge in [0.1, 0.15) is 6.17 Å². The van der Waals surface area contributed by atoms with Crippen LogP contribution in [0.15, 0.2) is 11.9 Å². The van der Waals surface area contributed by atoms with Crippen molar-refractivity contribution in [1.29, 1.82) is 0 Å². The first kappa shape index (κ1) is 28.8. The van der Waals surface area contributed by atoms with Crippen molar-refractivity contribution in [2.24, 2.45) is 22.8 Å². The molecule has 4 unspecified atom stereocenters. The van der Waals surface area contributed by atoms with Crippen molar-refractivity contribution >= 4 is 11.8 Å². The van der Waals surface area contributed by atoms with Crippen molar-refractivity contribution in [2.45, 2.75) is 114 Å². The van der Waals surface area contributed by atoms with Crippen LogP contribution in [0.4, 0.5) is 4.39 Å². The number of nitrogens with two attached hydrogens (primary N) is 2. The van der Waals surface area contributed by atoms with E-state index in [1.807, 2.05) is 6.20 Å². The summed E-state index contributed by atoms with van der Waals surface area (Å²) in [4.78, 5) is 30.7. The van der Waals surface area contributed by atoms with Gasteiger partial charge in [0, 0.05) is 57.4 Å². The fraction of sp³-hybridized carbons (Fsp3) is 0.862. The van der Waals surface area contributed by atoms with E-state index < -0.39 is 18.3 Å². The van der Waals surface area contributed by atoms with E-state index in [0.717, 1.165) is 103 Å². The molecule has 3 saturated heterocycles. The first-order valence-corrected chi connectivity index (χ1v) is 15.4. The number of halogens is 1. The Labute approximate surface area is 233 Å². The van der Waals surface area contributed by atoms with Gasteiger partial charge in [-0.25, -0.2) is 4.39 Å². The fourth-order valence-corrected chi connectivity index (χ4v) is 8.52. The van der Waals surface area contributed by atoms with Gasteiger partial charge in [0.25, 0.3) is 0 Å². The zero-order valence-electron chi connectivity index (χ0n) is 23.7. The molecular weight excluding hydrogens is 497 g/mol. The number of carbonyl (C=O) groups excluding carboxylic acids is 2. The van der Waals surface area contributed by atoms with Crippen LogP contribution in [0.5, 0.6) is 0 Å². The van der Waals surface area contributed by atoms with E-state index in [2.05, 4.69) is 25.8 Å². The van der Waals surface area contributed by atoms with Gasteiger partial charge >= 0.3 is 0 Å². The lowest BCUT2D eigenvalue weighted by Crippen LogP contribution is -2.60. The van der Waals surface area contributed by atoms with Crippen molar-refractivity contribution in [3.8, 4) is 0 Å². The van der Waals surface area contributed by atoms with Crippen molar-refractivity contribution in [3.63, 3.8) is 0 Å². The molecule has 9 nitrogen and oxygen atoms in total. The lowest BCUT2D eigenvalue weighted by molar-refractivity contribution is -0.135. The van der Waals surface area contributed by atoms with Gasteiger partial charge in [-0.05, 0) is 69.6 Å². The minimum atomic E-state index is -0.918. The minimum Gasteiger partial charge on any atom is -0.389 e. The Morgan fingerprint density at radius 3 is 2.49 bits per heavy atom. The van der Waals surface area contributed by atoms with Crippen molar-refractivity contribution in [3.05, 3.63) is 11.9 Å². The van der Waals surface area contributed by atoms with Crippen LogP contribution in [0.25, 0.3) is 0 Å². The molecule has 2 amide bonds. The van der Waals surface area contributed by atoms with Gasteiger partial charge in [-0.15, -0.1) is 0 Å². The summed E-state index contributed by atoms with van der Waals surface area (Å²) in [6.07, 6.45) is 11.9. The summed E-state index contributed by atoms with van der Waals surface area (Å²) in [7, 11) is 0. The highest BCUT2D eigenvalue weighted by molar-refractivity contribution is 5.82. The second kappa shape index (κ2) is 12.0. The Bertz CT molecular complexity index is 913. The van der Waals surface area contributed by atoms with Gasteiger partial charge in [-0.3, -0.25) is 14.5 Å². The molecular formula is C29H50FN7O2. The lowest BCUT2D eigenvalue weighted by Gasteiger charge is -2.47. The molecule has 0 radical (unpaired) electrons. The highest BCUT2D eigenvalue weighted by atomic mass is 19.1. The van der Waals surface area contributed by atoms with Crippen LogP contribution in [-0.4, -0.2) is 84.3 Å². The molecule has 39 heavy (non-hydrogen) atoms. The number of amides is 2. The molecule has 1 aliphatic carbocycles. The molecule has 5 aliphatic rings. The molecule has 4 aliphatic heterocycles. The number of alkyl halides is 1. The summed E-state index contributed by atoms with van der Waals surface area (Å²) in [6.45, 7) is 5.42. The van der Waals surface area contributed by atoms with Gasteiger partial charge in [0.05, 0.1) is 23.8 Å². The first-order chi connectivity index (χ1) is 18.7. The third kappa shape index (κ3) is 6.14. The molecule has 5 rings (SSSR count). The van der Waals surface area contributed by atoms with Crippen LogP contribution < -0.4 is 27.4 Å². The smallest absolute Gasteiger partial charge is 0.231 e.